The topological polar surface area (TPSA) is 86.7 Å². The van der Waals surface area contributed by atoms with E-state index < -0.39 is 0 Å². The number of aryl methyl sites for hydroxylation is 1. The van der Waals surface area contributed by atoms with Gasteiger partial charge in [0, 0.05) is 51.2 Å². The molecule has 0 saturated carbocycles. The minimum absolute atomic E-state index is 0.0603. The molecule has 0 spiro atoms. The van der Waals surface area contributed by atoms with E-state index in [4.69, 9.17) is 0 Å². The smallest absolute Gasteiger partial charge is 0.272 e. The molecule has 1 aliphatic heterocycles. The van der Waals surface area contributed by atoms with E-state index in [1.54, 1.807) is 23.1 Å². The predicted molar refractivity (Wildman–Crippen MR) is 98.1 cm³/mol. The largest absolute Gasteiger partial charge is 0.337 e. The van der Waals surface area contributed by atoms with Crippen LogP contribution in [0.2, 0.25) is 0 Å². The van der Waals surface area contributed by atoms with E-state index in [1.807, 2.05) is 35.8 Å². The molecule has 3 aromatic heterocycles. The molecule has 0 aliphatic carbocycles. The van der Waals surface area contributed by atoms with Gasteiger partial charge in [0.05, 0.1) is 0 Å². The number of carbonyl (C=O) groups is 1. The molecule has 9 nitrogen and oxygen atoms in total. The maximum Gasteiger partial charge on any atom is 0.272 e. The van der Waals surface area contributed by atoms with Crippen molar-refractivity contribution in [1.82, 2.24) is 39.2 Å². The fourth-order valence-electron chi connectivity index (χ4n) is 3.68. The summed E-state index contributed by atoms with van der Waals surface area (Å²) >= 11 is 0. The second kappa shape index (κ2) is 7.34. The van der Waals surface area contributed by atoms with Crippen LogP contribution in [0.5, 0.6) is 0 Å². The highest BCUT2D eigenvalue weighted by Gasteiger charge is 2.29. The Morgan fingerprint density at radius 2 is 2.00 bits per heavy atom. The summed E-state index contributed by atoms with van der Waals surface area (Å²) in [6.45, 7) is 4.74. The van der Waals surface area contributed by atoms with Crippen molar-refractivity contribution in [2.24, 2.45) is 7.05 Å². The highest BCUT2D eigenvalue weighted by Crippen LogP contribution is 2.27. The summed E-state index contributed by atoms with van der Waals surface area (Å²) in [4.78, 5) is 14.7. The number of likely N-dealkylation sites (tertiary alicyclic amines) is 1. The number of aromatic nitrogens is 7. The van der Waals surface area contributed by atoms with E-state index in [1.165, 1.54) is 0 Å². The highest BCUT2D eigenvalue weighted by molar-refractivity contribution is 5.92. The third kappa shape index (κ3) is 3.36. The molecule has 0 atom stereocenters. The summed E-state index contributed by atoms with van der Waals surface area (Å²) in [7, 11) is 2.01. The van der Waals surface area contributed by atoms with Crippen LogP contribution in [0.1, 0.15) is 47.8 Å². The first-order valence-corrected chi connectivity index (χ1v) is 9.34. The quantitative estimate of drug-likeness (QED) is 0.677. The third-order valence-corrected chi connectivity index (χ3v) is 5.24. The van der Waals surface area contributed by atoms with Crippen LogP contribution in [0.4, 0.5) is 0 Å². The maximum absolute atomic E-state index is 12.8. The zero-order valence-corrected chi connectivity index (χ0v) is 15.7. The van der Waals surface area contributed by atoms with Crippen molar-refractivity contribution in [2.75, 3.05) is 13.1 Å². The van der Waals surface area contributed by atoms with Gasteiger partial charge in [-0.05, 0) is 31.9 Å². The number of carbonyl (C=O) groups excluding carboxylic acids is 1. The Hall–Kier alpha value is -2.97. The molecule has 0 N–H and O–H groups in total. The molecule has 0 radical (unpaired) electrons. The fraction of sp³-hybridized carbons (Fsp3) is 0.500. The van der Waals surface area contributed by atoms with Crippen LogP contribution in [0, 0.1) is 0 Å². The Labute approximate surface area is 157 Å². The summed E-state index contributed by atoms with van der Waals surface area (Å²) < 4.78 is 5.65. The van der Waals surface area contributed by atoms with Crippen LogP contribution < -0.4 is 0 Å². The standard InChI is InChI=1S/C18H24N8O/c1-3-26-15(5-9-20-26)18(27)24-11-6-14(7-12-24)17-22-21-16(23(17)2)13-25-10-4-8-19-25/h4-5,8-10,14H,3,6-7,11-13H2,1-2H3. The number of piperidine rings is 1. The van der Waals surface area contributed by atoms with E-state index >= 15 is 0 Å². The van der Waals surface area contributed by atoms with Crippen molar-refractivity contribution in [2.45, 2.75) is 38.8 Å². The lowest BCUT2D eigenvalue weighted by Gasteiger charge is -2.31. The molecular weight excluding hydrogens is 344 g/mol. The van der Waals surface area contributed by atoms with E-state index in [-0.39, 0.29) is 5.91 Å². The molecule has 27 heavy (non-hydrogen) atoms. The number of hydrogen-bond acceptors (Lipinski definition) is 5. The third-order valence-electron chi connectivity index (χ3n) is 5.24. The lowest BCUT2D eigenvalue weighted by atomic mass is 9.95. The number of rotatable bonds is 5. The predicted octanol–water partition coefficient (Wildman–Crippen LogP) is 1.30. The Bertz CT molecular complexity index is 902. The van der Waals surface area contributed by atoms with Crippen molar-refractivity contribution < 1.29 is 4.79 Å². The zero-order valence-electron chi connectivity index (χ0n) is 15.7. The fourth-order valence-corrected chi connectivity index (χ4v) is 3.68. The number of nitrogens with zero attached hydrogens (tertiary/aromatic N) is 8. The van der Waals surface area contributed by atoms with Gasteiger partial charge in [-0.1, -0.05) is 0 Å². The first-order valence-electron chi connectivity index (χ1n) is 9.34. The second-order valence-electron chi connectivity index (χ2n) is 6.84. The van der Waals surface area contributed by atoms with Crippen LogP contribution in [-0.2, 0) is 20.1 Å². The number of hydrogen-bond donors (Lipinski definition) is 0. The number of amides is 1. The molecule has 0 aromatic carbocycles. The Morgan fingerprint density at radius 3 is 2.70 bits per heavy atom. The lowest BCUT2D eigenvalue weighted by molar-refractivity contribution is 0.0698. The van der Waals surface area contributed by atoms with Crippen molar-refractivity contribution in [3.8, 4) is 0 Å². The normalized spacial score (nSPS) is 15.4. The van der Waals surface area contributed by atoms with Gasteiger partial charge >= 0.3 is 0 Å². The van der Waals surface area contributed by atoms with Gasteiger partial charge in [-0.25, -0.2) is 0 Å². The molecule has 0 unspecified atom stereocenters. The van der Waals surface area contributed by atoms with Gasteiger partial charge in [0.15, 0.2) is 5.82 Å². The van der Waals surface area contributed by atoms with Crippen molar-refractivity contribution >= 4 is 5.91 Å². The molecule has 1 saturated heterocycles. The molecule has 4 heterocycles. The summed E-state index contributed by atoms with van der Waals surface area (Å²) in [5.74, 6) is 2.25. The van der Waals surface area contributed by atoms with Crippen LogP contribution >= 0.6 is 0 Å². The average molecular weight is 368 g/mol. The van der Waals surface area contributed by atoms with Crippen LogP contribution in [0.15, 0.2) is 30.7 Å². The van der Waals surface area contributed by atoms with E-state index in [9.17, 15) is 4.79 Å². The van der Waals surface area contributed by atoms with Crippen molar-refractivity contribution in [3.05, 3.63) is 48.1 Å². The first-order chi connectivity index (χ1) is 13.2. The summed E-state index contributed by atoms with van der Waals surface area (Å²) in [6, 6.07) is 3.69. The minimum Gasteiger partial charge on any atom is -0.337 e. The lowest BCUT2D eigenvalue weighted by Crippen LogP contribution is -2.39. The first kappa shape index (κ1) is 17.4. The van der Waals surface area contributed by atoms with Gasteiger partial charge in [0.25, 0.3) is 5.91 Å². The molecule has 0 bridgehead atoms. The molecule has 4 rings (SSSR count). The van der Waals surface area contributed by atoms with Gasteiger partial charge in [0.2, 0.25) is 0 Å². The van der Waals surface area contributed by atoms with E-state index in [0.717, 1.165) is 37.6 Å². The van der Waals surface area contributed by atoms with Crippen LogP contribution in [0.25, 0.3) is 0 Å². The Kier molecular flexibility index (Phi) is 4.74. The van der Waals surface area contributed by atoms with Gasteiger partial charge in [-0.15, -0.1) is 10.2 Å². The summed E-state index contributed by atoms with van der Waals surface area (Å²) in [6.07, 6.45) is 7.14. The Balaban J connectivity index is 1.41. The van der Waals surface area contributed by atoms with Gasteiger partial charge in [-0.2, -0.15) is 10.2 Å². The van der Waals surface area contributed by atoms with E-state index in [0.29, 0.717) is 24.7 Å². The van der Waals surface area contributed by atoms with Gasteiger partial charge in [0.1, 0.15) is 18.1 Å². The molecule has 1 fully saturated rings. The van der Waals surface area contributed by atoms with Crippen molar-refractivity contribution in [3.63, 3.8) is 0 Å². The zero-order chi connectivity index (χ0) is 18.8. The summed E-state index contributed by atoms with van der Waals surface area (Å²) in [5, 5.41) is 17.2. The van der Waals surface area contributed by atoms with Crippen LogP contribution in [0.3, 0.4) is 0 Å². The molecule has 3 aromatic rings. The van der Waals surface area contributed by atoms with Gasteiger partial charge < -0.3 is 9.47 Å². The average Bonchev–Trinajstić information content (AvgIpc) is 3.44. The van der Waals surface area contributed by atoms with Crippen molar-refractivity contribution in [1.29, 1.82) is 0 Å². The molecular formula is C18H24N8O. The highest BCUT2D eigenvalue weighted by atomic mass is 16.2. The SMILES string of the molecule is CCn1nccc1C(=O)N1CCC(c2nnc(Cn3cccn3)n2C)CC1. The van der Waals surface area contributed by atoms with Gasteiger partial charge in [-0.3, -0.25) is 14.2 Å². The second-order valence-corrected chi connectivity index (χ2v) is 6.84. The minimum atomic E-state index is 0.0603. The molecule has 9 heteroatoms. The maximum atomic E-state index is 12.8. The monoisotopic (exact) mass is 368 g/mol. The Morgan fingerprint density at radius 1 is 1.19 bits per heavy atom. The molecule has 142 valence electrons. The summed E-state index contributed by atoms with van der Waals surface area (Å²) in [5.41, 5.74) is 0.663. The molecule has 1 aliphatic rings. The van der Waals surface area contributed by atoms with Crippen LogP contribution in [-0.4, -0.2) is 58.2 Å². The van der Waals surface area contributed by atoms with E-state index in [2.05, 4.69) is 25.0 Å². The molecule has 1 amide bonds.